The third kappa shape index (κ3) is 3.14. The molecule has 0 aliphatic heterocycles. The van der Waals surface area contributed by atoms with Crippen molar-refractivity contribution in [3.8, 4) is 0 Å². The van der Waals surface area contributed by atoms with Gasteiger partial charge in [0.25, 0.3) is 0 Å². The maximum Gasteiger partial charge on any atom is 0.0551 e. The van der Waals surface area contributed by atoms with E-state index in [2.05, 4.69) is 56.8 Å². The van der Waals surface area contributed by atoms with Gasteiger partial charge in [-0.05, 0) is 52.9 Å². The summed E-state index contributed by atoms with van der Waals surface area (Å²) in [5.41, 5.74) is 5.20. The van der Waals surface area contributed by atoms with Crippen molar-refractivity contribution in [2.45, 2.75) is 32.6 Å². The largest absolute Gasteiger partial charge is 0.264 e. The highest BCUT2D eigenvalue weighted by molar-refractivity contribution is 9.10. The van der Waals surface area contributed by atoms with Crippen molar-refractivity contribution in [1.82, 2.24) is 0 Å². The van der Waals surface area contributed by atoms with Crippen molar-refractivity contribution in [1.29, 1.82) is 0 Å². The minimum atomic E-state index is 0.307. The Kier molecular flexibility index (Phi) is 5.27. The molecule has 1 nitrogen and oxygen atoms in total. The van der Waals surface area contributed by atoms with E-state index in [1.54, 1.807) is 0 Å². The third-order valence-corrected chi connectivity index (χ3v) is 5.33. The van der Waals surface area contributed by atoms with Crippen molar-refractivity contribution in [2.24, 2.45) is 4.99 Å². The van der Waals surface area contributed by atoms with Crippen molar-refractivity contribution in [3.05, 3.63) is 44.0 Å². The molecule has 102 valence electrons. The molecule has 0 spiro atoms. The van der Waals surface area contributed by atoms with Crippen molar-refractivity contribution < 1.29 is 0 Å². The van der Waals surface area contributed by atoms with Crippen LogP contribution >= 0.6 is 43.5 Å². The maximum absolute atomic E-state index is 6.21. The van der Waals surface area contributed by atoms with Crippen LogP contribution in [0, 0.1) is 0 Å². The minimum absolute atomic E-state index is 0.307. The Morgan fingerprint density at radius 3 is 2.84 bits per heavy atom. The van der Waals surface area contributed by atoms with Crippen LogP contribution in [-0.4, -0.2) is 11.5 Å². The van der Waals surface area contributed by atoms with E-state index in [1.807, 2.05) is 12.3 Å². The summed E-state index contributed by atoms with van der Waals surface area (Å²) >= 11 is 13.2. The number of halogens is 3. The van der Waals surface area contributed by atoms with E-state index in [1.165, 1.54) is 22.4 Å². The number of benzene rings is 1. The zero-order chi connectivity index (χ0) is 14.0. The van der Waals surface area contributed by atoms with Crippen LogP contribution in [0.2, 0.25) is 5.02 Å². The predicted molar refractivity (Wildman–Crippen MR) is 90.9 cm³/mol. The summed E-state index contributed by atoms with van der Waals surface area (Å²) in [6.07, 6.45) is 3.97. The summed E-state index contributed by atoms with van der Waals surface area (Å²) in [4.78, 5) is 4.63. The Labute approximate surface area is 136 Å². The molecule has 0 heterocycles. The van der Waals surface area contributed by atoms with Crippen LogP contribution in [0.25, 0.3) is 0 Å². The number of hydrogen-bond acceptors (Lipinski definition) is 1. The van der Waals surface area contributed by atoms with Crippen LogP contribution < -0.4 is 0 Å². The molecule has 0 bridgehead atoms. The predicted octanol–water partition coefficient (Wildman–Crippen LogP) is 5.89. The molecular weight excluding hydrogens is 389 g/mol. The minimum Gasteiger partial charge on any atom is -0.264 e. The van der Waals surface area contributed by atoms with E-state index in [0.29, 0.717) is 5.92 Å². The molecule has 4 heteroatoms. The van der Waals surface area contributed by atoms with Gasteiger partial charge in [-0.3, -0.25) is 4.99 Å². The number of rotatable bonds is 2. The monoisotopic (exact) mass is 403 g/mol. The molecule has 1 aliphatic rings. The maximum atomic E-state index is 6.21. The van der Waals surface area contributed by atoms with Crippen LogP contribution in [-0.2, 0) is 6.42 Å². The highest BCUT2D eigenvalue weighted by Gasteiger charge is 2.22. The molecule has 0 saturated heterocycles. The standard InChI is InChI=1S/C15H16Br2ClN/c1-9-3-4-12-11(5-6-13(18)14(12)17)10(2)15(9)19-8-7-16/h5-6,8,10H,3-4,7H2,1-2H3. The average Bonchev–Trinajstić information content (AvgIpc) is 2.51. The van der Waals surface area contributed by atoms with Crippen LogP contribution in [0.1, 0.15) is 37.3 Å². The number of fused-ring (bicyclic) bond motifs is 1. The van der Waals surface area contributed by atoms with Crippen molar-refractivity contribution >= 4 is 49.7 Å². The molecule has 19 heavy (non-hydrogen) atoms. The topological polar surface area (TPSA) is 12.4 Å². The van der Waals surface area contributed by atoms with Gasteiger partial charge in [0.1, 0.15) is 0 Å². The van der Waals surface area contributed by atoms with Gasteiger partial charge in [0.2, 0.25) is 0 Å². The highest BCUT2D eigenvalue weighted by Crippen LogP contribution is 2.40. The molecular formula is C15H16Br2ClN. The molecule has 1 aromatic rings. The van der Waals surface area contributed by atoms with Crippen molar-refractivity contribution in [2.75, 3.05) is 5.33 Å². The van der Waals surface area contributed by atoms with Gasteiger partial charge in [-0.2, -0.15) is 0 Å². The van der Waals surface area contributed by atoms with E-state index >= 15 is 0 Å². The molecule has 0 aromatic heterocycles. The Balaban J connectivity index is 2.51. The molecule has 1 aliphatic carbocycles. The average molecular weight is 406 g/mol. The summed E-state index contributed by atoms with van der Waals surface area (Å²) < 4.78 is 1.04. The van der Waals surface area contributed by atoms with Gasteiger partial charge in [0.05, 0.1) is 5.02 Å². The molecule has 1 aromatic carbocycles. The van der Waals surface area contributed by atoms with Gasteiger partial charge in [-0.25, -0.2) is 0 Å². The third-order valence-electron chi connectivity index (χ3n) is 3.60. The lowest BCUT2D eigenvalue weighted by Crippen LogP contribution is -2.01. The van der Waals surface area contributed by atoms with Gasteiger partial charge in [-0.1, -0.05) is 46.1 Å². The number of aliphatic imine (C=N–C) groups is 1. The van der Waals surface area contributed by atoms with E-state index in [-0.39, 0.29) is 0 Å². The van der Waals surface area contributed by atoms with Crippen LogP contribution in [0.3, 0.4) is 0 Å². The van der Waals surface area contributed by atoms with Gasteiger partial charge >= 0.3 is 0 Å². The Bertz CT molecular complexity index is 549. The fourth-order valence-corrected chi connectivity index (χ4v) is 3.46. The number of alkyl halides is 1. The molecule has 1 unspecified atom stereocenters. The lowest BCUT2D eigenvalue weighted by Gasteiger charge is -2.16. The molecule has 0 radical (unpaired) electrons. The fraction of sp³-hybridized carbons (Fsp3) is 0.400. The smallest absolute Gasteiger partial charge is 0.0551 e. The van der Waals surface area contributed by atoms with Gasteiger partial charge in [-0.15, -0.1) is 0 Å². The first-order chi connectivity index (χ1) is 9.06. The van der Waals surface area contributed by atoms with Crippen LogP contribution in [0.5, 0.6) is 0 Å². The zero-order valence-corrected chi connectivity index (χ0v) is 14.9. The molecule has 0 fully saturated rings. The first-order valence-electron chi connectivity index (χ1n) is 6.31. The van der Waals surface area contributed by atoms with E-state index in [4.69, 9.17) is 11.6 Å². The molecule has 2 rings (SSSR count). The van der Waals surface area contributed by atoms with Gasteiger partial charge in [0.15, 0.2) is 0 Å². The second-order valence-corrected chi connectivity index (χ2v) is 6.63. The second-order valence-electron chi connectivity index (χ2n) is 4.78. The Hall–Kier alpha value is -0.120. The van der Waals surface area contributed by atoms with Gasteiger partial charge < -0.3 is 0 Å². The second kappa shape index (κ2) is 6.55. The van der Waals surface area contributed by atoms with Crippen LogP contribution in [0.4, 0.5) is 0 Å². The number of nitrogens with zero attached hydrogens (tertiary/aromatic N) is 1. The van der Waals surface area contributed by atoms with Crippen LogP contribution in [0.15, 0.2) is 32.9 Å². The molecule has 0 saturated carbocycles. The Morgan fingerprint density at radius 1 is 1.42 bits per heavy atom. The highest BCUT2D eigenvalue weighted by atomic mass is 79.9. The fourth-order valence-electron chi connectivity index (χ4n) is 2.58. The Morgan fingerprint density at radius 2 is 2.16 bits per heavy atom. The quantitative estimate of drug-likeness (QED) is 0.430. The first-order valence-corrected chi connectivity index (χ1v) is 8.60. The summed E-state index contributed by atoms with van der Waals surface area (Å²) in [5, 5.41) is 1.57. The summed E-state index contributed by atoms with van der Waals surface area (Å²) in [7, 11) is 0. The first kappa shape index (κ1) is 15.3. The molecule has 0 amide bonds. The lowest BCUT2D eigenvalue weighted by molar-refractivity contribution is 0.861. The van der Waals surface area contributed by atoms with E-state index in [0.717, 1.165) is 27.7 Å². The molecule has 0 N–H and O–H groups in total. The normalized spacial score (nSPS) is 19.7. The van der Waals surface area contributed by atoms with E-state index in [9.17, 15) is 0 Å². The number of allylic oxidation sites excluding steroid dienone is 2. The SMILES string of the molecule is CC1=C(N=CCBr)C(C)c2ccc(Cl)c(Br)c2CC1. The van der Waals surface area contributed by atoms with E-state index < -0.39 is 0 Å². The summed E-state index contributed by atoms with van der Waals surface area (Å²) in [6.45, 7) is 4.40. The summed E-state index contributed by atoms with van der Waals surface area (Å²) in [6, 6.07) is 4.10. The number of hydrogen-bond donors (Lipinski definition) is 0. The van der Waals surface area contributed by atoms with Gasteiger partial charge in [0, 0.05) is 27.6 Å². The molecule has 1 atom stereocenters. The van der Waals surface area contributed by atoms with Crippen molar-refractivity contribution in [3.63, 3.8) is 0 Å². The lowest BCUT2D eigenvalue weighted by atomic mass is 9.93. The zero-order valence-electron chi connectivity index (χ0n) is 11.0. The summed E-state index contributed by atoms with van der Waals surface area (Å²) in [5.74, 6) is 0.307.